The van der Waals surface area contributed by atoms with E-state index < -0.39 is 0 Å². The van der Waals surface area contributed by atoms with Gasteiger partial charge < -0.3 is 9.64 Å². The van der Waals surface area contributed by atoms with Crippen molar-refractivity contribution in [3.05, 3.63) is 39.4 Å². The van der Waals surface area contributed by atoms with Crippen LogP contribution in [0.1, 0.15) is 43.2 Å². The fourth-order valence-electron chi connectivity index (χ4n) is 3.65. The van der Waals surface area contributed by atoms with Crippen LogP contribution in [0.3, 0.4) is 0 Å². The Morgan fingerprint density at radius 2 is 2.05 bits per heavy atom. The summed E-state index contributed by atoms with van der Waals surface area (Å²) in [6.07, 6.45) is 4.10. The van der Waals surface area contributed by atoms with Crippen LogP contribution < -0.4 is 4.74 Å². The molecule has 2 aliphatic rings. The van der Waals surface area contributed by atoms with E-state index in [0.717, 1.165) is 37.8 Å². The molecule has 118 valence electrons. The number of hydrogen-bond donors (Lipinski definition) is 0. The molecule has 1 atom stereocenters. The predicted octanol–water partition coefficient (Wildman–Crippen LogP) is 3.95. The molecular formula is C18H22ClNO2. The summed E-state index contributed by atoms with van der Waals surface area (Å²) >= 11 is 6.29. The second-order valence-electron chi connectivity index (χ2n) is 6.29. The largest absolute Gasteiger partial charge is 0.495 e. The smallest absolute Gasteiger partial charge is 0.234 e. The monoisotopic (exact) mass is 319 g/mol. The van der Waals surface area contributed by atoms with Crippen molar-refractivity contribution in [2.24, 2.45) is 0 Å². The molecule has 0 saturated carbocycles. The first-order valence-electron chi connectivity index (χ1n) is 7.82. The highest BCUT2D eigenvalue weighted by molar-refractivity contribution is 6.32. The maximum absolute atomic E-state index is 12.9. The minimum atomic E-state index is -0.170. The number of halogens is 1. The zero-order chi connectivity index (χ0) is 15.9. The number of benzene rings is 1. The quantitative estimate of drug-likeness (QED) is 0.773. The molecule has 0 fully saturated rings. The SMILES string of the molecule is COc1cc2c(cc1Cl)CCN(C)C(=O)[C@H]2C1=C(C)CCC1. The van der Waals surface area contributed by atoms with Gasteiger partial charge in [-0.2, -0.15) is 0 Å². The first-order chi connectivity index (χ1) is 10.5. The normalized spacial score (nSPS) is 21.9. The molecule has 0 unspecified atom stereocenters. The Morgan fingerprint density at radius 3 is 2.68 bits per heavy atom. The number of methoxy groups -OCH3 is 1. The van der Waals surface area contributed by atoms with Gasteiger partial charge in [-0.05, 0) is 55.9 Å². The fraction of sp³-hybridized carbons (Fsp3) is 0.500. The van der Waals surface area contributed by atoms with Crippen molar-refractivity contribution in [2.75, 3.05) is 20.7 Å². The van der Waals surface area contributed by atoms with Crippen LogP contribution >= 0.6 is 11.6 Å². The van der Waals surface area contributed by atoms with Crippen molar-refractivity contribution in [3.8, 4) is 5.75 Å². The molecule has 0 N–H and O–H groups in total. The van der Waals surface area contributed by atoms with Gasteiger partial charge in [0.25, 0.3) is 0 Å². The van der Waals surface area contributed by atoms with E-state index in [-0.39, 0.29) is 11.8 Å². The molecule has 1 amide bonds. The summed E-state index contributed by atoms with van der Waals surface area (Å²) in [5.41, 5.74) is 4.91. The van der Waals surface area contributed by atoms with Crippen molar-refractivity contribution in [3.63, 3.8) is 0 Å². The van der Waals surface area contributed by atoms with Gasteiger partial charge in [0.05, 0.1) is 18.1 Å². The lowest BCUT2D eigenvalue weighted by atomic mass is 9.85. The zero-order valence-electron chi connectivity index (χ0n) is 13.4. The Balaban J connectivity index is 2.18. The van der Waals surface area contributed by atoms with Gasteiger partial charge in [-0.3, -0.25) is 4.79 Å². The predicted molar refractivity (Wildman–Crippen MR) is 88.6 cm³/mol. The second-order valence-corrected chi connectivity index (χ2v) is 6.69. The van der Waals surface area contributed by atoms with E-state index in [1.807, 2.05) is 24.1 Å². The molecule has 1 aromatic rings. The number of carbonyl (C=O) groups is 1. The van der Waals surface area contributed by atoms with Crippen LogP contribution in [0.15, 0.2) is 23.3 Å². The number of nitrogens with zero attached hydrogens (tertiary/aromatic N) is 1. The van der Waals surface area contributed by atoms with Gasteiger partial charge >= 0.3 is 0 Å². The van der Waals surface area contributed by atoms with Crippen molar-refractivity contribution in [2.45, 2.75) is 38.5 Å². The third-order valence-corrected chi connectivity index (χ3v) is 5.25. The summed E-state index contributed by atoms with van der Waals surface area (Å²) in [7, 11) is 3.51. The van der Waals surface area contributed by atoms with Crippen molar-refractivity contribution in [1.82, 2.24) is 4.90 Å². The molecule has 0 aromatic heterocycles. The molecule has 22 heavy (non-hydrogen) atoms. The lowest BCUT2D eigenvalue weighted by Crippen LogP contribution is -2.31. The van der Waals surface area contributed by atoms with Crippen LogP contribution in [-0.2, 0) is 11.2 Å². The molecule has 3 rings (SSSR count). The van der Waals surface area contributed by atoms with Crippen molar-refractivity contribution >= 4 is 17.5 Å². The van der Waals surface area contributed by atoms with Crippen LogP contribution in [0.4, 0.5) is 0 Å². The lowest BCUT2D eigenvalue weighted by molar-refractivity contribution is -0.130. The van der Waals surface area contributed by atoms with Crippen LogP contribution in [-0.4, -0.2) is 31.5 Å². The molecule has 1 aliphatic carbocycles. The highest BCUT2D eigenvalue weighted by atomic mass is 35.5. The number of rotatable bonds is 2. The minimum Gasteiger partial charge on any atom is -0.495 e. The number of fused-ring (bicyclic) bond motifs is 1. The average molecular weight is 320 g/mol. The van der Waals surface area contributed by atoms with Gasteiger partial charge in [-0.1, -0.05) is 22.7 Å². The Bertz CT molecular complexity index is 651. The Hall–Kier alpha value is -1.48. The Morgan fingerprint density at radius 1 is 1.27 bits per heavy atom. The highest BCUT2D eigenvalue weighted by Gasteiger charge is 2.34. The van der Waals surface area contributed by atoms with Gasteiger partial charge in [0, 0.05) is 13.6 Å². The van der Waals surface area contributed by atoms with E-state index in [4.69, 9.17) is 16.3 Å². The van der Waals surface area contributed by atoms with Crippen LogP contribution in [0.2, 0.25) is 5.02 Å². The number of hydrogen-bond acceptors (Lipinski definition) is 2. The fourth-order valence-corrected chi connectivity index (χ4v) is 3.91. The second kappa shape index (κ2) is 5.96. The molecule has 0 saturated heterocycles. The number of amides is 1. The molecule has 1 aliphatic heterocycles. The van der Waals surface area contributed by atoms with E-state index in [1.54, 1.807) is 7.11 Å². The summed E-state index contributed by atoms with van der Waals surface area (Å²) in [6.45, 7) is 2.89. The third kappa shape index (κ3) is 2.52. The van der Waals surface area contributed by atoms with Gasteiger partial charge in [0.2, 0.25) is 5.91 Å². The molecule has 0 spiro atoms. The standard InChI is InChI=1S/C18H22ClNO2/c1-11-5-4-6-13(11)17-14-10-16(22-3)15(19)9-12(14)7-8-20(2)18(17)21/h9-10,17H,4-8H2,1-3H3/t17-/m0/s1. The van der Waals surface area contributed by atoms with Gasteiger partial charge in [0.1, 0.15) is 5.75 Å². The van der Waals surface area contributed by atoms with E-state index in [0.29, 0.717) is 10.8 Å². The molecule has 1 heterocycles. The summed E-state index contributed by atoms with van der Waals surface area (Å²) in [4.78, 5) is 14.8. The molecular weight excluding hydrogens is 298 g/mol. The number of likely N-dealkylation sites (N-methyl/N-ethyl adjacent to an activating group) is 1. The molecule has 4 heteroatoms. The molecule has 1 aromatic carbocycles. The van der Waals surface area contributed by atoms with Gasteiger partial charge in [-0.25, -0.2) is 0 Å². The van der Waals surface area contributed by atoms with E-state index >= 15 is 0 Å². The minimum absolute atomic E-state index is 0.170. The summed E-state index contributed by atoms with van der Waals surface area (Å²) in [5, 5.41) is 0.620. The van der Waals surface area contributed by atoms with Crippen LogP contribution in [0, 0.1) is 0 Å². The summed E-state index contributed by atoms with van der Waals surface area (Å²) < 4.78 is 5.38. The Kier molecular flexibility index (Phi) is 4.18. The van der Waals surface area contributed by atoms with Gasteiger partial charge in [-0.15, -0.1) is 0 Å². The zero-order valence-corrected chi connectivity index (χ0v) is 14.2. The number of allylic oxidation sites excluding steroid dienone is 1. The van der Waals surface area contributed by atoms with E-state index in [2.05, 4.69) is 6.92 Å². The summed E-state index contributed by atoms with van der Waals surface area (Å²) in [5.74, 6) is 0.676. The highest BCUT2D eigenvalue weighted by Crippen LogP contribution is 2.42. The maximum atomic E-state index is 12.9. The van der Waals surface area contributed by atoms with Gasteiger partial charge in [0.15, 0.2) is 0 Å². The molecule has 3 nitrogen and oxygen atoms in total. The average Bonchev–Trinajstić information content (AvgIpc) is 2.87. The van der Waals surface area contributed by atoms with Crippen molar-refractivity contribution < 1.29 is 9.53 Å². The maximum Gasteiger partial charge on any atom is 0.234 e. The van der Waals surface area contributed by atoms with Crippen LogP contribution in [0.5, 0.6) is 5.75 Å². The van der Waals surface area contributed by atoms with E-state index in [9.17, 15) is 4.79 Å². The number of ether oxygens (including phenoxy) is 1. The molecule has 0 radical (unpaired) electrons. The lowest BCUT2D eigenvalue weighted by Gasteiger charge is -2.23. The van der Waals surface area contributed by atoms with Crippen LogP contribution in [0.25, 0.3) is 0 Å². The summed E-state index contributed by atoms with van der Waals surface area (Å²) in [6, 6.07) is 3.94. The molecule has 0 bridgehead atoms. The van der Waals surface area contributed by atoms with Crippen molar-refractivity contribution in [1.29, 1.82) is 0 Å². The Labute approximate surface area is 136 Å². The number of carbonyl (C=O) groups excluding carboxylic acids is 1. The van der Waals surface area contributed by atoms with E-state index in [1.165, 1.54) is 16.7 Å². The third-order valence-electron chi connectivity index (χ3n) is 4.96. The first kappa shape index (κ1) is 15.4. The first-order valence-corrected chi connectivity index (χ1v) is 8.20. The topological polar surface area (TPSA) is 29.5 Å².